The highest BCUT2D eigenvalue weighted by Crippen LogP contribution is 2.38. The maximum absolute atomic E-state index is 14.8. The Morgan fingerprint density at radius 2 is 1.55 bits per heavy atom. The Kier molecular flexibility index (Phi) is 8.62. The van der Waals surface area contributed by atoms with Crippen LogP contribution < -0.4 is 10.0 Å². The number of benzene rings is 3. The van der Waals surface area contributed by atoms with E-state index in [9.17, 15) is 30.7 Å². The second-order valence-corrected chi connectivity index (χ2v) is 9.13. The van der Waals surface area contributed by atoms with Crippen molar-refractivity contribution in [3.63, 3.8) is 0 Å². The minimum atomic E-state index is -4.53. The summed E-state index contributed by atoms with van der Waals surface area (Å²) in [6, 6.07) is 5.61. The number of hydrogen-bond acceptors (Lipinski definition) is 4. The Morgan fingerprint density at radius 3 is 2.13 bits per heavy atom. The van der Waals surface area contributed by atoms with Crippen molar-refractivity contribution in [1.82, 2.24) is 0 Å². The van der Waals surface area contributed by atoms with E-state index in [0.29, 0.717) is 31.4 Å². The van der Waals surface area contributed by atoms with E-state index in [0.717, 1.165) is 24.3 Å². The van der Waals surface area contributed by atoms with E-state index in [4.69, 9.17) is 14.2 Å². The van der Waals surface area contributed by atoms with E-state index >= 15 is 0 Å². The van der Waals surface area contributed by atoms with Crippen LogP contribution in [0.2, 0.25) is 0 Å². The minimum Gasteiger partial charge on any atom is -0.429 e. The van der Waals surface area contributed by atoms with Crippen LogP contribution in [0.25, 0.3) is 11.1 Å². The van der Waals surface area contributed by atoms with E-state index in [1.54, 1.807) is 0 Å². The highest BCUT2D eigenvalue weighted by molar-refractivity contribution is 7.27. The van der Waals surface area contributed by atoms with E-state index in [-0.39, 0.29) is 41.1 Å². The van der Waals surface area contributed by atoms with Crippen LogP contribution in [0.3, 0.4) is 0 Å². The summed E-state index contributed by atoms with van der Waals surface area (Å²) in [6.45, 7) is 3.05. The van der Waals surface area contributed by atoms with Crippen LogP contribution >= 0.6 is 9.24 Å². The van der Waals surface area contributed by atoms with Crippen LogP contribution in [0.5, 0.6) is 5.75 Å². The fourth-order valence-electron chi connectivity index (χ4n) is 3.88. The first kappa shape index (κ1) is 28.3. The normalized spacial score (nSPS) is 18.0. The van der Waals surface area contributed by atoms with Crippen molar-refractivity contribution in [3.05, 3.63) is 82.7 Å². The topological polar surface area (TPSA) is 36.9 Å². The van der Waals surface area contributed by atoms with Gasteiger partial charge in [0.2, 0.25) is 0 Å². The molecule has 1 aliphatic heterocycles. The molecule has 1 aliphatic rings. The molecule has 1 heterocycles. The van der Waals surface area contributed by atoms with Crippen LogP contribution in [0.1, 0.15) is 24.3 Å². The van der Waals surface area contributed by atoms with Gasteiger partial charge in [0.05, 0.1) is 19.8 Å². The Labute approximate surface area is 215 Å². The molecule has 12 heteroatoms. The molecule has 4 nitrogen and oxygen atoms in total. The Balaban J connectivity index is 1.52. The van der Waals surface area contributed by atoms with Crippen molar-refractivity contribution in [1.29, 1.82) is 0 Å². The number of halogens is 7. The second kappa shape index (κ2) is 11.6. The standard InChI is InChI=1S/C26H22F7O4P/c1-2-34-10-13-11-35-25(36-12-13)15-6-19(28)23(20(29)7-15)26(32,33)37-16-3-4-17(18(27)9-16)14-5-21(30)24(31)22(38)8-14/h3-9,13,25H,2,10-12,38H2,1H3. The smallest absolute Gasteiger partial charge is 0.429 e. The molecular formula is C26H22F7O4P. The molecule has 0 amide bonds. The summed E-state index contributed by atoms with van der Waals surface area (Å²) in [5.41, 5.74) is -2.14. The van der Waals surface area contributed by atoms with Crippen molar-refractivity contribution in [2.75, 3.05) is 26.4 Å². The van der Waals surface area contributed by atoms with Crippen molar-refractivity contribution < 1.29 is 49.7 Å². The molecule has 0 radical (unpaired) electrons. The molecule has 0 N–H and O–H groups in total. The number of rotatable bonds is 8. The van der Waals surface area contributed by atoms with E-state index in [1.165, 1.54) is 0 Å². The largest absolute Gasteiger partial charge is 0.432 e. The zero-order chi connectivity index (χ0) is 27.6. The van der Waals surface area contributed by atoms with Gasteiger partial charge in [-0.15, -0.1) is 9.24 Å². The zero-order valence-corrected chi connectivity index (χ0v) is 21.0. The molecule has 204 valence electrons. The highest BCUT2D eigenvalue weighted by atomic mass is 31.0. The maximum Gasteiger partial charge on any atom is 0.432 e. The van der Waals surface area contributed by atoms with Gasteiger partial charge in [-0.25, -0.2) is 22.0 Å². The van der Waals surface area contributed by atoms with Gasteiger partial charge in [0, 0.05) is 35.0 Å². The third-order valence-corrected chi connectivity index (χ3v) is 6.13. The first-order valence-electron chi connectivity index (χ1n) is 11.4. The summed E-state index contributed by atoms with van der Waals surface area (Å²) < 4.78 is 122. The molecule has 0 saturated carbocycles. The van der Waals surface area contributed by atoms with E-state index in [1.807, 2.05) is 16.2 Å². The lowest BCUT2D eigenvalue weighted by molar-refractivity contribution is -0.212. The first-order valence-corrected chi connectivity index (χ1v) is 12.0. The SMILES string of the molecule is CCOCC1COC(c2cc(F)c(C(F)(F)Oc3ccc(-c4cc(F)c(F)c(P)c4)c(F)c3)c(F)c2)OC1. The van der Waals surface area contributed by atoms with Gasteiger partial charge in [0.15, 0.2) is 17.9 Å². The van der Waals surface area contributed by atoms with E-state index in [2.05, 4.69) is 4.74 Å². The van der Waals surface area contributed by atoms with Gasteiger partial charge in [0.1, 0.15) is 28.8 Å². The lowest BCUT2D eigenvalue weighted by Gasteiger charge is -2.30. The molecule has 4 rings (SSSR count). The molecule has 0 bridgehead atoms. The van der Waals surface area contributed by atoms with E-state index < -0.39 is 52.8 Å². The average molecular weight is 562 g/mol. The summed E-state index contributed by atoms with van der Waals surface area (Å²) in [7, 11) is 1.95. The molecule has 3 aromatic rings. The predicted molar refractivity (Wildman–Crippen MR) is 127 cm³/mol. The molecule has 0 aromatic heterocycles. The fourth-order valence-corrected chi connectivity index (χ4v) is 4.20. The predicted octanol–water partition coefficient (Wildman–Crippen LogP) is 6.38. The Bertz CT molecular complexity index is 1270. The minimum absolute atomic E-state index is 0.0613. The van der Waals surface area contributed by atoms with Crippen molar-refractivity contribution in [2.45, 2.75) is 19.3 Å². The highest BCUT2D eigenvalue weighted by Gasteiger charge is 2.42. The molecular weight excluding hydrogens is 540 g/mol. The van der Waals surface area contributed by atoms with Gasteiger partial charge in [-0.2, -0.15) is 8.78 Å². The molecule has 1 atom stereocenters. The maximum atomic E-state index is 14.8. The van der Waals surface area contributed by atoms with Gasteiger partial charge < -0.3 is 18.9 Å². The molecule has 1 fully saturated rings. The molecule has 0 aliphatic carbocycles. The lowest BCUT2D eigenvalue weighted by atomic mass is 10.0. The second-order valence-electron chi connectivity index (χ2n) is 8.51. The summed E-state index contributed by atoms with van der Waals surface area (Å²) in [4.78, 5) is 0. The van der Waals surface area contributed by atoms with Gasteiger partial charge in [0.25, 0.3) is 0 Å². The van der Waals surface area contributed by atoms with Crippen molar-refractivity contribution >= 4 is 14.5 Å². The first-order chi connectivity index (χ1) is 18.0. The summed E-state index contributed by atoms with van der Waals surface area (Å²) in [5.74, 6) is -7.58. The van der Waals surface area contributed by atoms with Gasteiger partial charge in [-0.3, -0.25) is 0 Å². The lowest BCUT2D eigenvalue weighted by Crippen LogP contribution is -2.31. The molecule has 1 saturated heterocycles. The molecule has 1 unspecified atom stereocenters. The number of ether oxygens (including phenoxy) is 4. The summed E-state index contributed by atoms with van der Waals surface area (Å²) in [6.07, 6.45) is -5.70. The number of hydrogen-bond donors (Lipinski definition) is 0. The Hall–Kier alpha value is -2.72. The molecule has 3 aromatic carbocycles. The van der Waals surface area contributed by atoms with Crippen molar-refractivity contribution in [2.24, 2.45) is 5.92 Å². The van der Waals surface area contributed by atoms with Gasteiger partial charge in [-0.1, -0.05) is 0 Å². The van der Waals surface area contributed by atoms with Crippen LogP contribution in [0.4, 0.5) is 30.7 Å². The average Bonchev–Trinajstić information content (AvgIpc) is 2.85. The van der Waals surface area contributed by atoms with Gasteiger partial charge in [-0.05, 0) is 48.9 Å². The fraction of sp³-hybridized carbons (Fsp3) is 0.308. The molecule has 38 heavy (non-hydrogen) atoms. The van der Waals surface area contributed by atoms with Gasteiger partial charge >= 0.3 is 6.11 Å². The van der Waals surface area contributed by atoms with Crippen LogP contribution in [0, 0.1) is 35.0 Å². The molecule has 0 spiro atoms. The summed E-state index contributed by atoms with van der Waals surface area (Å²) >= 11 is 0. The third kappa shape index (κ3) is 6.12. The van der Waals surface area contributed by atoms with Crippen LogP contribution in [-0.2, 0) is 20.3 Å². The quantitative estimate of drug-likeness (QED) is 0.236. The Morgan fingerprint density at radius 1 is 0.895 bits per heavy atom. The van der Waals surface area contributed by atoms with Crippen LogP contribution in [0.15, 0.2) is 42.5 Å². The zero-order valence-electron chi connectivity index (χ0n) is 19.9. The van der Waals surface area contributed by atoms with Crippen molar-refractivity contribution in [3.8, 4) is 16.9 Å². The number of alkyl halides is 2. The van der Waals surface area contributed by atoms with Crippen LogP contribution in [-0.4, -0.2) is 26.4 Å². The monoisotopic (exact) mass is 562 g/mol. The summed E-state index contributed by atoms with van der Waals surface area (Å²) in [5, 5.41) is -0.171. The third-order valence-electron chi connectivity index (χ3n) is 5.71.